The van der Waals surface area contributed by atoms with Crippen molar-refractivity contribution in [1.29, 1.82) is 0 Å². The molecular formula is C35H34ClF6N7O3S. The molecule has 282 valence electrons. The largest absolute Gasteiger partial charge is 0.463 e. The number of hydrogen-bond donors (Lipinski definition) is 1. The van der Waals surface area contributed by atoms with Crippen LogP contribution in [0.4, 0.5) is 26.3 Å². The molecule has 2 N–H and O–H groups in total. The maximum Gasteiger partial charge on any atom is 0.395 e. The maximum absolute atomic E-state index is 16.3. The second kappa shape index (κ2) is 13.7. The van der Waals surface area contributed by atoms with Crippen LogP contribution in [0.15, 0.2) is 53.2 Å². The zero-order valence-corrected chi connectivity index (χ0v) is 30.4. The third-order valence-electron chi connectivity index (χ3n) is 9.34. The third-order valence-corrected chi connectivity index (χ3v) is 10.6. The molecule has 1 aliphatic heterocycles. The predicted molar refractivity (Wildman–Crippen MR) is 184 cm³/mol. The van der Waals surface area contributed by atoms with Crippen LogP contribution in [0.1, 0.15) is 81.6 Å². The van der Waals surface area contributed by atoms with E-state index < -0.39 is 77.5 Å². The Morgan fingerprint density at radius 1 is 1.11 bits per heavy atom. The van der Waals surface area contributed by atoms with Gasteiger partial charge in [0.1, 0.15) is 18.8 Å². The van der Waals surface area contributed by atoms with Crippen molar-refractivity contribution in [3.8, 4) is 16.1 Å². The minimum Gasteiger partial charge on any atom is -0.463 e. The Hall–Kier alpha value is -4.51. The number of guanidine groups is 1. The van der Waals surface area contributed by atoms with Gasteiger partial charge in [0.25, 0.3) is 12.3 Å². The Kier molecular flexibility index (Phi) is 9.90. The van der Waals surface area contributed by atoms with Crippen molar-refractivity contribution >= 4 is 40.8 Å². The SMILES string of the molecule is Cc1ncsc1-c1ccc([C@@]2(CC(C)(C)C)N=C(N)N([C@H](COC(=O)CC3(C(F)(F)F)CC3)c3ccc(Cl)c(-n4ncnc4C(F)F)c3)C2=O)c(F)c1. The molecule has 1 amide bonds. The van der Waals surface area contributed by atoms with Crippen LogP contribution in [-0.2, 0) is 19.9 Å². The van der Waals surface area contributed by atoms with Crippen LogP contribution in [-0.4, -0.2) is 55.3 Å². The zero-order valence-electron chi connectivity index (χ0n) is 28.8. The lowest BCUT2D eigenvalue weighted by molar-refractivity contribution is -0.195. The van der Waals surface area contributed by atoms with Crippen LogP contribution < -0.4 is 5.73 Å². The van der Waals surface area contributed by atoms with E-state index in [0.29, 0.717) is 11.3 Å². The number of aliphatic imine (C=N–C) groups is 1. The van der Waals surface area contributed by atoms with Crippen LogP contribution in [0.3, 0.4) is 0 Å². The number of alkyl halides is 5. The van der Waals surface area contributed by atoms with Gasteiger partial charge < -0.3 is 10.5 Å². The van der Waals surface area contributed by atoms with E-state index in [1.807, 2.05) is 20.8 Å². The summed E-state index contributed by atoms with van der Waals surface area (Å²) in [5.74, 6) is -3.90. The molecule has 3 heterocycles. The summed E-state index contributed by atoms with van der Waals surface area (Å²) in [6, 6.07) is 6.98. The molecule has 0 radical (unpaired) electrons. The van der Waals surface area contributed by atoms with E-state index in [0.717, 1.165) is 20.8 Å². The maximum atomic E-state index is 16.3. The number of esters is 1. The molecular weight excluding hydrogens is 748 g/mol. The van der Waals surface area contributed by atoms with E-state index >= 15 is 4.39 Å². The lowest BCUT2D eigenvalue weighted by Crippen LogP contribution is -2.47. The molecule has 1 saturated carbocycles. The molecule has 0 spiro atoms. The number of thiazole rings is 1. The highest BCUT2D eigenvalue weighted by molar-refractivity contribution is 7.13. The minimum atomic E-state index is -4.64. The molecule has 1 aliphatic carbocycles. The van der Waals surface area contributed by atoms with Gasteiger partial charge in [-0.1, -0.05) is 50.6 Å². The van der Waals surface area contributed by atoms with E-state index in [4.69, 9.17) is 22.1 Å². The van der Waals surface area contributed by atoms with Crippen molar-refractivity contribution in [1.82, 2.24) is 24.6 Å². The molecule has 1 fully saturated rings. The predicted octanol–water partition coefficient (Wildman–Crippen LogP) is 8.23. The first-order valence-corrected chi connectivity index (χ1v) is 17.6. The molecule has 53 heavy (non-hydrogen) atoms. The van der Waals surface area contributed by atoms with Gasteiger partial charge in [0.15, 0.2) is 17.3 Å². The quantitative estimate of drug-likeness (QED) is 0.120. The van der Waals surface area contributed by atoms with Gasteiger partial charge in [0, 0.05) is 5.56 Å². The zero-order chi connectivity index (χ0) is 38.7. The first-order chi connectivity index (χ1) is 24.8. The number of benzene rings is 2. The van der Waals surface area contributed by atoms with Gasteiger partial charge >= 0.3 is 12.1 Å². The van der Waals surface area contributed by atoms with Gasteiger partial charge in [0.2, 0.25) is 0 Å². The number of ether oxygens (including phenoxy) is 1. The molecule has 0 unspecified atom stereocenters. The number of amides is 1. The fourth-order valence-corrected chi connectivity index (χ4v) is 7.64. The fraction of sp³-hybridized carbons (Fsp3) is 0.429. The number of carbonyl (C=O) groups is 2. The van der Waals surface area contributed by atoms with Gasteiger partial charge in [-0.05, 0) is 60.9 Å². The summed E-state index contributed by atoms with van der Waals surface area (Å²) in [7, 11) is 0. The Morgan fingerprint density at radius 3 is 2.42 bits per heavy atom. The van der Waals surface area contributed by atoms with E-state index in [9.17, 15) is 31.5 Å². The molecule has 4 aromatic rings. The molecule has 2 aromatic heterocycles. The minimum absolute atomic E-state index is 0.0466. The van der Waals surface area contributed by atoms with Crippen LogP contribution in [0.2, 0.25) is 5.02 Å². The summed E-state index contributed by atoms with van der Waals surface area (Å²) < 4.78 is 91.3. The molecule has 2 atom stereocenters. The smallest absolute Gasteiger partial charge is 0.395 e. The number of aryl methyl sites for hydroxylation is 1. The van der Waals surface area contributed by atoms with E-state index in [2.05, 4.69) is 20.1 Å². The van der Waals surface area contributed by atoms with Gasteiger partial charge in [-0.25, -0.2) is 32.8 Å². The summed E-state index contributed by atoms with van der Waals surface area (Å²) in [6.07, 6.45) is -8.28. The second-order valence-corrected chi connectivity index (χ2v) is 15.7. The Labute approximate surface area is 309 Å². The average molecular weight is 782 g/mol. The van der Waals surface area contributed by atoms with Crippen molar-refractivity contribution in [2.24, 2.45) is 21.6 Å². The monoisotopic (exact) mass is 781 g/mol. The van der Waals surface area contributed by atoms with Crippen molar-refractivity contribution in [2.45, 2.75) is 77.6 Å². The first kappa shape index (κ1) is 38.2. The Bertz CT molecular complexity index is 2090. The van der Waals surface area contributed by atoms with Crippen molar-refractivity contribution in [3.05, 3.63) is 81.7 Å². The van der Waals surface area contributed by atoms with Crippen LogP contribution in [0, 0.1) is 23.6 Å². The molecule has 0 bridgehead atoms. The lowest BCUT2D eigenvalue weighted by atomic mass is 9.75. The lowest BCUT2D eigenvalue weighted by Gasteiger charge is -2.35. The summed E-state index contributed by atoms with van der Waals surface area (Å²) in [5, 5.41) is 3.81. The van der Waals surface area contributed by atoms with Crippen LogP contribution in [0.25, 0.3) is 16.1 Å². The number of nitrogens with zero attached hydrogens (tertiary/aromatic N) is 6. The highest BCUT2D eigenvalue weighted by Crippen LogP contribution is 2.60. The summed E-state index contributed by atoms with van der Waals surface area (Å²) >= 11 is 7.73. The molecule has 18 heteroatoms. The average Bonchev–Trinajstić information content (AvgIpc) is 3.37. The number of rotatable bonds is 11. The van der Waals surface area contributed by atoms with Crippen LogP contribution >= 0.6 is 22.9 Å². The van der Waals surface area contributed by atoms with E-state index in [1.54, 1.807) is 18.5 Å². The van der Waals surface area contributed by atoms with Crippen molar-refractivity contribution < 1.29 is 40.7 Å². The number of halogens is 7. The Balaban J connectivity index is 1.43. The highest BCUT2D eigenvalue weighted by atomic mass is 35.5. The third kappa shape index (κ3) is 7.24. The van der Waals surface area contributed by atoms with E-state index in [1.165, 1.54) is 41.7 Å². The van der Waals surface area contributed by atoms with Crippen LogP contribution in [0.5, 0.6) is 0 Å². The number of hydrogen-bond acceptors (Lipinski definition) is 9. The molecule has 2 aliphatic rings. The summed E-state index contributed by atoms with van der Waals surface area (Å²) in [4.78, 5) is 42.0. The van der Waals surface area contributed by atoms with Crippen molar-refractivity contribution in [2.75, 3.05) is 6.61 Å². The molecule has 6 rings (SSSR count). The van der Waals surface area contributed by atoms with E-state index in [-0.39, 0.29) is 41.1 Å². The van der Waals surface area contributed by atoms with Gasteiger partial charge in [-0.15, -0.1) is 11.3 Å². The second-order valence-electron chi connectivity index (χ2n) is 14.4. The van der Waals surface area contributed by atoms with Gasteiger partial charge in [0.05, 0.1) is 44.7 Å². The molecule has 0 saturated heterocycles. The Morgan fingerprint density at radius 2 is 1.83 bits per heavy atom. The topological polar surface area (TPSA) is 129 Å². The molecule has 10 nitrogen and oxygen atoms in total. The number of nitrogens with two attached hydrogens (primary N) is 1. The first-order valence-electron chi connectivity index (χ1n) is 16.4. The van der Waals surface area contributed by atoms with Crippen molar-refractivity contribution in [3.63, 3.8) is 0 Å². The summed E-state index contributed by atoms with van der Waals surface area (Å²) in [6.45, 7) is 6.51. The molecule has 2 aromatic carbocycles. The summed E-state index contributed by atoms with van der Waals surface area (Å²) in [5.41, 5.74) is 4.47. The number of carbonyl (C=O) groups excluding carboxylic acids is 2. The van der Waals surface area contributed by atoms with Gasteiger partial charge in [-0.3, -0.25) is 14.5 Å². The highest BCUT2D eigenvalue weighted by Gasteiger charge is 2.64. The fourth-order valence-electron chi connectivity index (χ4n) is 6.64. The number of aromatic nitrogens is 4. The standard InChI is InChI=1S/C35H34ClF6N7O3S/c1-18-27(53-17-45-18)20-5-7-21(23(37)11-20)34(15-32(2,3)4)30(51)48(31(43)47-34)25(14-52-26(50)13-33(9-10-33)35(40,41)42)19-6-8-22(36)24(12-19)49-29(28(38)39)44-16-46-49/h5-8,11-12,16-17,25,28H,9-10,13-15H2,1-4H3,(H2,43,47)/t25-,34-/m1/s1. The van der Waals surface area contributed by atoms with Gasteiger partial charge in [-0.2, -0.15) is 18.3 Å². The normalized spacial score (nSPS) is 19.1.